The maximum atomic E-state index is 15.3. The molecular weight excluding hydrogens is 813 g/mol. The summed E-state index contributed by atoms with van der Waals surface area (Å²) in [7, 11) is 2.97. The zero-order chi connectivity index (χ0) is 44.2. The maximum absolute atomic E-state index is 15.3. The van der Waals surface area contributed by atoms with Crippen LogP contribution in [0.3, 0.4) is 0 Å². The number of alkyl carbamates (subject to hydrolysis) is 1. The Kier molecular flexibility index (Phi) is 14.8. The Balaban J connectivity index is 0.979. The zero-order valence-electron chi connectivity index (χ0n) is 35.1. The Labute approximate surface area is 364 Å². The lowest BCUT2D eigenvalue weighted by Gasteiger charge is -2.18. The van der Waals surface area contributed by atoms with Crippen LogP contribution in [0.15, 0.2) is 90.1 Å². The van der Waals surface area contributed by atoms with Crippen molar-refractivity contribution in [2.24, 2.45) is 4.99 Å². The predicted octanol–water partition coefficient (Wildman–Crippen LogP) is 8.85. The van der Waals surface area contributed by atoms with E-state index in [2.05, 4.69) is 38.1 Å². The molecule has 0 radical (unpaired) electrons. The van der Waals surface area contributed by atoms with Crippen LogP contribution in [0.25, 0.3) is 11.3 Å². The molecule has 0 unspecified atom stereocenters. The second-order valence-electron chi connectivity index (χ2n) is 15.1. The van der Waals surface area contributed by atoms with E-state index in [1.54, 1.807) is 93.7 Å². The van der Waals surface area contributed by atoms with Crippen molar-refractivity contribution >= 4 is 52.5 Å². The standard InChI is InChI=1S/C47H47ClFN7O6/c1-47(2,3)62-46(59)51-24-10-11-29-15-18-32(19-16-29)54-40(57)14-7-6-8-23-50-44(58)35-22-20-33(26-39(35)61-5)55-45-53-28-30-27-52-43(41-37(49)12-9-13-38(41)60-4)36-25-31(48)17-21-34(36)42(30)56-45/h9,12-13,15-22,25-26,28H,6-8,14,23-24,27H2,1-5H3,(H,50,58)(H,51,59)(H,54,57)(H,53,55,56). The van der Waals surface area contributed by atoms with Gasteiger partial charge in [0.25, 0.3) is 5.91 Å². The lowest BCUT2D eigenvalue weighted by molar-refractivity contribution is -0.116. The Bertz CT molecular complexity index is 2550. The summed E-state index contributed by atoms with van der Waals surface area (Å²) >= 11 is 6.45. The number of nitrogens with one attached hydrogen (secondary N) is 4. The molecule has 0 spiro atoms. The molecule has 0 saturated heterocycles. The number of aromatic nitrogens is 2. The molecule has 0 bridgehead atoms. The molecule has 1 aliphatic rings. The lowest BCUT2D eigenvalue weighted by Crippen LogP contribution is -2.32. The normalized spacial score (nSPS) is 11.6. The van der Waals surface area contributed by atoms with Crippen LogP contribution >= 0.6 is 11.6 Å². The van der Waals surface area contributed by atoms with E-state index in [1.807, 2.05) is 6.07 Å². The van der Waals surface area contributed by atoms with Gasteiger partial charge in [0.1, 0.15) is 22.9 Å². The number of carbonyl (C=O) groups is 3. The van der Waals surface area contributed by atoms with Crippen molar-refractivity contribution in [1.29, 1.82) is 0 Å². The number of hydrogen-bond donors (Lipinski definition) is 4. The summed E-state index contributed by atoms with van der Waals surface area (Å²) in [5, 5.41) is 12.1. The van der Waals surface area contributed by atoms with E-state index in [4.69, 9.17) is 35.8 Å². The molecule has 0 fully saturated rings. The summed E-state index contributed by atoms with van der Waals surface area (Å²) in [4.78, 5) is 51.5. The van der Waals surface area contributed by atoms with E-state index in [0.29, 0.717) is 81.8 Å². The quantitative estimate of drug-likeness (QED) is 0.0631. The highest BCUT2D eigenvalue weighted by atomic mass is 35.5. The van der Waals surface area contributed by atoms with Gasteiger partial charge >= 0.3 is 6.09 Å². The Morgan fingerprint density at radius 3 is 2.40 bits per heavy atom. The van der Waals surface area contributed by atoms with Crippen molar-refractivity contribution in [2.45, 2.75) is 58.6 Å². The number of amides is 3. The highest BCUT2D eigenvalue weighted by Crippen LogP contribution is 2.36. The Hall–Kier alpha value is -6.98. The fraction of sp³-hybridized carbons (Fsp3) is 0.277. The number of hydrogen-bond acceptors (Lipinski definition) is 10. The zero-order valence-corrected chi connectivity index (χ0v) is 35.8. The van der Waals surface area contributed by atoms with Gasteiger partial charge < -0.3 is 35.5 Å². The number of carbonyl (C=O) groups excluding carboxylic acids is 3. The number of nitrogens with zero attached hydrogens (tertiary/aromatic N) is 3. The van der Waals surface area contributed by atoms with Gasteiger partial charge in [0, 0.05) is 63.9 Å². The monoisotopic (exact) mass is 859 g/mol. The molecule has 62 heavy (non-hydrogen) atoms. The molecule has 0 saturated carbocycles. The van der Waals surface area contributed by atoms with Crippen LogP contribution in [0.4, 0.5) is 26.5 Å². The molecular formula is C47H47ClFN7O6. The van der Waals surface area contributed by atoms with Crippen LogP contribution in [0.1, 0.15) is 79.1 Å². The molecule has 4 aromatic carbocycles. The summed E-state index contributed by atoms with van der Waals surface area (Å²) in [5.41, 5.74) is 5.02. The molecule has 4 N–H and O–H groups in total. The number of benzene rings is 4. The molecule has 0 atom stereocenters. The van der Waals surface area contributed by atoms with Gasteiger partial charge in [-0.1, -0.05) is 42.0 Å². The van der Waals surface area contributed by atoms with Crippen LogP contribution in [0.5, 0.6) is 11.5 Å². The average molecular weight is 860 g/mol. The van der Waals surface area contributed by atoms with Gasteiger partial charge in [-0.3, -0.25) is 14.6 Å². The van der Waals surface area contributed by atoms with Crippen LogP contribution in [-0.4, -0.2) is 66.5 Å². The largest absolute Gasteiger partial charge is 0.496 e. The van der Waals surface area contributed by atoms with E-state index in [0.717, 1.165) is 17.5 Å². The summed E-state index contributed by atoms with van der Waals surface area (Å²) < 4.78 is 31.6. The predicted molar refractivity (Wildman–Crippen MR) is 238 cm³/mol. The molecule has 3 amide bonds. The van der Waals surface area contributed by atoms with Gasteiger partial charge in [-0.05, 0) is 94.3 Å². The molecule has 15 heteroatoms. The minimum atomic E-state index is -0.578. The first-order valence-electron chi connectivity index (χ1n) is 19.9. The van der Waals surface area contributed by atoms with Crippen LogP contribution in [0, 0.1) is 17.7 Å². The molecule has 1 aromatic heterocycles. The van der Waals surface area contributed by atoms with Gasteiger partial charge in [0.2, 0.25) is 11.9 Å². The second-order valence-corrected chi connectivity index (χ2v) is 15.6. The third kappa shape index (κ3) is 11.9. The number of unbranched alkanes of at least 4 members (excludes halogenated alkanes) is 2. The second kappa shape index (κ2) is 20.5. The molecule has 5 aromatic rings. The fourth-order valence-electron chi connectivity index (χ4n) is 6.51. The highest BCUT2D eigenvalue weighted by Gasteiger charge is 2.26. The van der Waals surface area contributed by atoms with Crippen molar-refractivity contribution < 1.29 is 33.0 Å². The van der Waals surface area contributed by atoms with Gasteiger partial charge in [-0.2, -0.15) is 0 Å². The van der Waals surface area contributed by atoms with Crippen molar-refractivity contribution in [3.63, 3.8) is 0 Å². The van der Waals surface area contributed by atoms with E-state index in [9.17, 15) is 14.4 Å². The van der Waals surface area contributed by atoms with Crippen molar-refractivity contribution in [3.8, 4) is 34.6 Å². The number of rotatable bonds is 14. The van der Waals surface area contributed by atoms with Crippen molar-refractivity contribution in [3.05, 3.63) is 124 Å². The third-order valence-corrected chi connectivity index (χ3v) is 9.62. The number of aliphatic imine (C=N–C) groups is 1. The smallest absolute Gasteiger partial charge is 0.408 e. The van der Waals surface area contributed by atoms with E-state index in [-0.39, 0.29) is 36.4 Å². The Morgan fingerprint density at radius 1 is 0.871 bits per heavy atom. The highest BCUT2D eigenvalue weighted by molar-refractivity contribution is 6.31. The summed E-state index contributed by atoms with van der Waals surface area (Å²) in [6.45, 7) is 6.13. The maximum Gasteiger partial charge on any atom is 0.408 e. The number of anilines is 3. The van der Waals surface area contributed by atoms with Crippen molar-refractivity contribution in [2.75, 3.05) is 37.9 Å². The summed E-state index contributed by atoms with van der Waals surface area (Å²) in [6, 6.07) is 22.1. The minimum Gasteiger partial charge on any atom is -0.496 e. The van der Waals surface area contributed by atoms with Gasteiger partial charge in [0.05, 0.1) is 49.8 Å². The Morgan fingerprint density at radius 2 is 1.65 bits per heavy atom. The van der Waals surface area contributed by atoms with Gasteiger partial charge in [0.15, 0.2) is 0 Å². The first-order chi connectivity index (χ1) is 29.8. The summed E-state index contributed by atoms with van der Waals surface area (Å²) in [6.07, 6.45) is 3.55. The first kappa shape index (κ1) is 44.6. The SMILES string of the molecule is COc1cc(Nc2ncc3c(n2)-c2ccc(Cl)cc2C(c2c(F)cccc2OC)=NC3)ccc1C(=O)NCCCCCC(=O)Nc1ccc(C#CCNC(=O)OC(C)(C)C)cc1. The molecule has 2 heterocycles. The molecule has 0 aliphatic carbocycles. The first-order valence-corrected chi connectivity index (χ1v) is 20.3. The van der Waals surface area contributed by atoms with Crippen LogP contribution in [0.2, 0.25) is 5.02 Å². The molecule has 320 valence electrons. The average Bonchev–Trinajstić information content (AvgIpc) is 3.39. The number of fused-ring (bicyclic) bond motifs is 3. The van der Waals surface area contributed by atoms with Gasteiger partial charge in [-0.25, -0.2) is 19.2 Å². The van der Waals surface area contributed by atoms with E-state index >= 15 is 4.39 Å². The molecule has 1 aliphatic heterocycles. The van der Waals surface area contributed by atoms with E-state index in [1.165, 1.54) is 20.3 Å². The fourth-order valence-corrected chi connectivity index (χ4v) is 6.68. The molecule has 6 rings (SSSR count). The van der Waals surface area contributed by atoms with Crippen molar-refractivity contribution in [1.82, 2.24) is 20.6 Å². The number of methoxy groups -OCH3 is 2. The topological polar surface area (TPSA) is 165 Å². The van der Waals surface area contributed by atoms with E-state index < -0.39 is 17.5 Å². The summed E-state index contributed by atoms with van der Waals surface area (Å²) in [5.74, 6) is 5.94. The lowest BCUT2D eigenvalue weighted by atomic mass is 9.94. The third-order valence-electron chi connectivity index (χ3n) is 9.39. The number of ether oxygens (including phenoxy) is 3. The number of halogens is 2. The van der Waals surface area contributed by atoms with Gasteiger partial charge in [-0.15, -0.1) is 0 Å². The van der Waals surface area contributed by atoms with Crippen LogP contribution < -0.4 is 30.7 Å². The molecule has 13 nitrogen and oxygen atoms in total. The minimum absolute atomic E-state index is 0.108. The van der Waals surface area contributed by atoms with Crippen LogP contribution in [-0.2, 0) is 16.1 Å².